The van der Waals surface area contributed by atoms with Crippen LogP contribution in [0.5, 0.6) is 0 Å². The van der Waals surface area contributed by atoms with Crippen molar-refractivity contribution in [3.05, 3.63) is 42.0 Å². The molecule has 1 aromatic rings. The summed E-state index contributed by atoms with van der Waals surface area (Å²) in [5.74, 6) is 0. The molecule has 0 aliphatic carbocycles. The van der Waals surface area contributed by atoms with Crippen molar-refractivity contribution in [1.29, 1.82) is 0 Å². The molecule has 0 radical (unpaired) electrons. The van der Waals surface area contributed by atoms with Crippen LogP contribution in [0.3, 0.4) is 0 Å². The van der Waals surface area contributed by atoms with Crippen molar-refractivity contribution in [2.24, 2.45) is 0 Å². The molecule has 0 saturated heterocycles. The monoisotopic (exact) mass is 161 g/mol. The van der Waals surface area contributed by atoms with E-state index in [1.807, 2.05) is 42.5 Å². The minimum absolute atomic E-state index is 0.582. The lowest BCUT2D eigenvalue weighted by molar-refractivity contribution is -0.109. The minimum atomic E-state index is 0.582. The second-order valence-electron chi connectivity index (χ2n) is 2.34. The number of carbonyl (C=O) groups is 1. The van der Waals surface area contributed by atoms with Crippen LogP contribution < -0.4 is 5.32 Å². The van der Waals surface area contributed by atoms with Crippen LogP contribution in [-0.2, 0) is 4.79 Å². The van der Waals surface area contributed by atoms with Crippen LogP contribution in [0.15, 0.2) is 36.4 Å². The summed E-state index contributed by atoms with van der Waals surface area (Å²) in [7, 11) is 0. The van der Waals surface area contributed by atoms with E-state index in [-0.39, 0.29) is 0 Å². The van der Waals surface area contributed by atoms with Crippen LogP contribution in [0.25, 0.3) is 6.08 Å². The lowest BCUT2D eigenvalue weighted by Gasteiger charge is -1.91. The van der Waals surface area contributed by atoms with Crippen LogP contribution in [0.2, 0.25) is 0 Å². The molecule has 1 rings (SSSR count). The average molecular weight is 161 g/mol. The van der Waals surface area contributed by atoms with E-state index in [1.54, 1.807) is 0 Å². The normalized spacial score (nSPS) is 10.0. The third-order valence-corrected chi connectivity index (χ3v) is 1.43. The summed E-state index contributed by atoms with van der Waals surface area (Å²) in [6, 6.07) is 9.95. The Kier molecular flexibility index (Phi) is 3.64. The van der Waals surface area contributed by atoms with Gasteiger partial charge in [-0.15, -0.1) is 0 Å². The molecule has 0 aromatic heterocycles. The van der Waals surface area contributed by atoms with Gasteiger partial charge < -0.3 is 5.32 Å². The second-order valence-corrected chi connectivity index (χ2v) is 2.34. The first-order valence-corrected chi connectivity index (χ1v) is 3.82. The maximum atomic E-state index is 9.87. The molecule has 0 saturated carbocycles. The van der Waals surface area contributed by atoms with Gasteiger partial charge in [-0.05, 0) is 5.56 Å². The zero-order valence-corrected chi connectivity index (χ0v) is 6.73. The molecular weight excluding hydrogens is 150 g/mol. The summed E-state index contributed by atoms with van der Waals surface area (Å²) in [6.07, 6.45) is 4.57. The minimum Gasteiger partial charge on any atom is -0.355 e. The molecule has 1 N–H and O–H groups in total. The van der Waals surface area contributed by atoms with Gasteiger partial charge in [0.25, 0.3) is 0 Å². The average Bonchev–Trinajstić information content (AvgIpc) is 2.14. The third kappa shape index (κ3) is 3.01. The van der Waals surface area contributed by atoms with Gasteiger partial charge in [0, 0.05) is 6.54 Å². The Balaban J connectivity index is 2.41. The van der Waals surface area contributed by atoms with E-state index in [0.717, 1.165) is 5.56 Å². The molecule has 0 aliphatic rings. The van der Waals surface area contributed by atoms with Gasteiger partial charge >= 0.3 is 0 Å². The fourth-order valence-corrected chi connectivity index (χ4v) is 0.875. The smallest absolute Gasteiger partial charge is 0.207 e. The molecule has 0 bridgehead atoms. The molecule has 2 heteroatoms. The molecule has 0 atom stereocenters. The number of nitrogens with one attached hydrogen (secondary N) is 1. The molecule has 12 heavy (non-hydrogen) atoms. The van der Waals surface area contributed by atoms with Crippen molar-refractivity contribution in [2.75, 3.05) is 6.54 Å². The van der Waals surface area contributed by atoms with Crippen molar-refractivity contribution >= 4 is 12.5 Å². The Labute approximate surface area is 71.9 Å². The van der Waals surface area contributed by atoms with Crippen molar-refractivity contribution in [3.63, 3.8) is 0 Å². The van der Waals surface area contributed by atoms with Gasteiger partial charge in [0.05, 0.1) is 0 Å². The first kappa shape index (κ1) is 8.53. The molecule has 62 valence electrons. The summed E-state index contributed by atoms with van der Waals surface area (Å²) in [6.45, 7) is 0.582. The highest BCUT2D eigenvalue weighted by molar-refractivity contribution is 5.51. The lowest BCUT2D eigenvalue weighted by Crippen LogP contribution is -2.09. The molecule has 2 nitrogen and oxygen atoms in total. The number of hydrogen-bond acceptors (Lipinski definition) is 1. The predicted octanol–water partition coefficient (Wildman–Crippen LogP) is 1.45. The highest BCUT2D eigenvalue weighted by atomic mass is 16.1. The largest absolute Gasteiger partial charge is 0.355 e. The van der Waals surface area contributed by atoms with Crippen molar-refractivity contribution in [3.8, 4) is 0 Å². The quantitative estimate of drug-likeness (QED) is 0.525. The number of hydrogen-bond donors (Lipinski definition) is 1. The van der Waals surface area contributed by atoms with Gasteiger partial charge in [-0.2, -0.15) is 0 Å². The molecule has 0 aliphatic heterocycles. The lowest BCUT2D eigenvalue weighted by atomic mass is 10.2. The van der Waals surface area contributed by atoms with E-state index < -0.39 is 0 Å². The third-order valence-electron chi connectivity index (χ3n) is 1.43. The first-order valence-electron chi connectivity index (χ1n) is 3.82. The Morgan fingerprint density at radius 2 is 2.00 bits per heavy atom. The highest BCUT2D eigenvalue weighted by Gasteiger charge is 1.80. The summed E-state index contributed by atoms with van der Waals surface area (Å²) in [5, 5.41) is 2.55. The molecule has 0 heterocycles. The SMILES string of the molecule is O=CNC/C=C/c1ccccc1. The van der Waals surface area contributed by atoms with E-state index in [1.165, 1.54) is 0 Å². The molecule has 0 unspecified atom stereocenters. The molecule has 0 fully saturated rings. The Bertz CT molecular complexity index is 254. The van der Waals surface area contributed by atoms with Gasteiger partial charge in [-0.1, -0.05) is 42.5 Å². The molecule has 1 amide bonds. The van der Waals surface area contributed by atoms with Gasteiger partial charge in [0.2, 0.25) is 6.41 Å². The predicted molar refractivity (Wildman–Crippen MR) is 49.5 cm³/mol. The molecule has 1 aromatic carbocycles. The van der Waals surface area contributed by atoms with E-state index in [4.69, 9.17) is 0 Å². The molecule has 0 spiro atoms. The number of amides is 1. The van der Waals surface area contributed by atoms with E-state index >= 15 is 0 Å². The Morgan fingerprint density at radius 3 is 2.67 bits per heavy atom. The van der Waals surface area contributed by atoms with E-state index in [0.29, 0.717) is 13.0 Å². The zero-order valence-electron chi connectivity index (χ0n) is 6.73. The summed E-state index contributed by atoms with van der Waals surface area (Å²) >= 11 is 0. The maximum absolute atomic E-state index is 9.87. The maximum Gasteiger partial charge on any atom is 0.207 e. The fourth-order valence-electron chi connectivity index (χ4n) is 0.875. The highest BCUT2D eigenvalue weighted by Crippen LogP contribution is 1.99. The second kappa shape index (κ2) is 5.13. The standard InChI is InChI=1S/C10H11NO/c12-9-11-8-4-7-10-5-2-1-3-6-10/h1-7,9H,8H2,(H,11,12)/b7-4+. The van der Waals surface area contributed by atoms with Crippen LogP contribution in [-0.4, -0.2) is 13.0 Å². The zero-order chi connectivity index (χ0) is 8.65. The van der Waals surface area contributed by atoms with Gasteiger partial charge in [0.15, 0.2) is 0 Å². The van der Waals surface area contributed by atoms with Gasteiger partial charge in [-0.25, -0.2) is 0 Å². The first-order chi connectivity index (χ1) is 5.93. The summed E-state index contributed by atoms with van der Waals surface area (Å²) in [4.78, 5) is 9.87. The van der Waals surface area contributed by atoms with Crippen LogP contribution in [0, 0.1) is 0 Å². The summed E-state index contributed by atoms with van der Waals surface area (Å²) in [5.41, 5.74) is 1.14. The van der Waals surface area contributed by atoms with Crippen LogP contribution >= 0.6 is 0 Å². The van der Waals surface area contributed by atoms with Gasteiger partial charge in [0.1, 0.15) is 0 Å². The summed E-state index contributed by atoms with van der Waals surface area (Å²) < 4.78 is 0. The van der Waals surface area contributed by atoms with Crippen molar-refractivity contribution < 1.29 is 4.79 Å². The van der Waals surface area contributed by atoms with E-state index in [9.17, 15) is 4.79 Å². The number of benzene rings is 1. The van der Waals surface area contributed by atoms with Crippen molar-refractivity contribution in [2.45, 2.75) is 0 Å². The fraction of sp³-hybridized carbons (Fsp3) is 0.100. The Hall–Kier alpha value is -1.57. The number of rotatable bonds is 4. The van der Waals surface area contributed by atoms with Gasteiger partial charge in [-0.3, -0.25) is 4.79 Å². The van der Waals surface area contributed by atoms with Crippen LogP contribution in [0.1, 0.15) is 5.56 Å². The number of carbonyl (C=O) groups excluding carboxylic acids is 1. The van der Waals surface area contributed by atoms with Crippen LogP contribution in [0.4, 0.5) is 0 Å². The van der Waals surface area contributed by atoms with Crippen molar-refractivity contribution in [1.82, 2.24) is 5.32 Å². The topological polar surface area (TPSA) is 29.1 Å². The van der Waals surface area contributed by atoms with E-state index in [2.05, 4.69) is 5.32 Å². The Morgan fingerprint density at radius 1 is 1.25 bits per heavy atom. The molecular formula is C10H11NO.